The molecular weight excluding hydrogens is 540 g/mol. The Balaban J connectivity index is 0.00000387. The van der Waals surface area contributed by atoms with Crippen molar-refractivity contribution in [3.63, 3.8) is 0 Å². The molecular formula is C30H35ClN8O2. The van der Waals surface area contributed by atoms with E-state index in [1.807, 2.05) is 43.5 Å². The summed E-state index contributed by atoms with van der Waals surface area (Å²) < 4.78 is 0. The molecule has 41 heavy (non-hydrogen) atoms. The Bertz CT molecular complexity index is 1440. The van der Waals surface area contributed by atoms with Gasteiger partial charge in [-0.25, -0.2) is 4.90 Å². The first-order chi connectivity index (χ1) is 19.4. The highest BCUT2D eigenvalue weighted by atomic mass is 35.5. The summed E-state index contributed by atoms with van der Waals surface area (Å²) in [5.74, 6) is -0.0467. The van der Waals surface area contributed by atoms with Gasteiger partial charge in [0.15, 0.2) is 0 Å². The van der Waals surface area contributed by atoms with E-state index in [0.717, 1.165) is 35.1 Å². The highest BCUT2D eigenvalue weighted by molar-refractivity contribution is 6.17. The standard InChI is InChI=1S/C30H34N8O2.ClH/c1-19-14-15-33-18-26(19)22-6-2-20(3-7-22)16-27(32)30(40)38(29(39)24-8-4-21(17-31)5-9-24)25-12-10-23(11-13-25)28-34-36-37-35-28;/h2-3,6-7,10-15,18,21,24,27H,4-5,8-9,16-17,31-32H2,1H3,(H,34,35,36,37);1H/t21-,24-,27-;/m0./s1. The number of aromatic nitrogens is 5. The SMILES string of the molecule is Cc1ccncc1-c1ccc(C[C@H](N)C(=O)N(c2ccc(-c3nn[nH]n3)cc2)C(=O)[C@H]2CC[C@H](CN)CC2)cc1.Cl. The number of carbonyl (C=O) groups is 2. The Hall–Kier alpha value is -3.99. The van der Waals surface area contributed by atoms with E-state index in [-0.39, 0.29) is 24.2 Å². The lowest BCUT2D eigenvalue weighted by molar-refractivity contribution is -0.130. The number of benzene rings is 2. The van der Waals surface area contributed by atoms with Crippen LogP contribution >= 0.6 is 12.4 Å². The minimum atomic E-state index is -0.896. The van der Waals surface area contributed by atoms with Gasteiger partial charge in [-0.3, -0.25) is 14.6 Å². The van der Waals surface area contributed by atoms with E-state index in [1.165, 1.54) is 4.90 Å². The maximum absolute atomic E-state index is 13.8. The number of aromatic amines is 1. The van der Waals surface area contributed by atoms with Crippen LogP contribution in [-0.4, -0.2) is 50.0 Å². The number of imide groups is 1. The second kappa shape index (κ2) is 13.6. The number of aryl methyl sites for hydroxylation is 1. The van der Waals surface area contributed by atoms with Gasteiger partial charge in [0.05, 0.1) is 11.7 Å². The molecule has 1 saturated carbocycles. The Morgan fingerprint density at radius 1 is 1.00 bits per heavy atom. The fourth-order valence-corrected chi connectivity index (χ4v) is 5.33. The van der Waals surface area contributed by atoms with Crippen molar-refractivity contribution >= 4 is 29.9 Å². The minimum absolute atomic E-state index is 0. The normalized spacial score (nSPS) is 17.3. The Labute approximate surface area is 245 Å². The minimum Gasteiger partial charge on any atom is -0.330 e. The van der Waals surface area contributed by atoms with E-state index in [4.69, 9.17) is 11.5 Å². The number of hydrogen-bond donors (Lipinski definition) is 3. The van der Waals surface area contributed by atoms with Gasteiger partial charge in [-0.2, -0.15) is 5.21 Å². The van der Waals surface area contributed by atoms with Crippen LogP contribution in [0, 0.1) is 18.8 Å². The van der Waals surface area contributed by atoms with Gasteiger partial charge in [0.2, 0.25) is 11.7 Å². The molecule has 1 fully saturated rings. The van der Waals surface area contributed by atoms with Crippen molar-refractivity contribution in [3.8, 4) is 22.5 Å². The zero-order valence-electron chi connectivity index (χ0n) is 22.9. The molecule has 2 aromatic carbocycles. The average Bonchev–Trinajstić information content (AvgIpc) is 3.53. The lowest BCUT2D eigenvalue weighted by Gasteiger charge is -2.32. The number of H-pyrrole nitrogens is 1. The van der Waals surface area contributed by atoms with E-state index in [2.05, 4.69) is 25.6 Å². The number of nitrogens with zero attached hydrogens (tertiary/aromatic N) is 5. The summed E-state index contributed by atoms with van der Waals surface area (Å²) in [6.45, 7) is 2.66. The van der Waals surface area contributed by atoms with Gasteiger partial charge in [-0.1, -0.05) is 24.3 Å². The molecule has 1 aliphatic carbocycles. The van der Waals surface area contributed by atoms with E-state index in [0.29, 0.717) is 48.8 Å². The van der Waals surface area contributed by atoms with Crippen LogP contribution < -0.4 is 16.4 Å². The van der Waals surface area contributed by atoms with Gasteiger partial charge in [-0.05, 0) is 104 Å². The first-order valence-electron chi connectivity index (χ1n) is 13.6. The molecule has 11 heteroatoms. The number of halogens is 1. The summed E-state index contributed by atoms with van der Waals surface area (Å²) in [6, 6.07) is 16.0. The van der Waals surface area contributed by atoms with E-state index in [1.54, 1.807) is 30.5 Å². The molecule has 0 spiro atoms. The number of amides is 2. The molecule has 0 unspecified atom stereocenters. The Morgan fingerprint density at radius 2 is 1.68 bits per heavy atom. The zero-order valence-corrected chi connectivity index (χ0v) is 23.8. The maximum atomic E-state index is 13.8. The molecule has 10 nitrogen and oxygen atoms in total. The number of pyridine rings is 1. The fourth-order valence-electron chi connectivity index (χ4n) is 5.33. The summed E-state index contributed by atoms with van der Waals surface area (Å²) in [5, 5.41) is 14.0. The Kier molecular flexibility index (Phi) is 9.93. The number of hydrogen-bond acceptors (Lipinski definition) is 8. The van der Waals surface area contributed by atoms with Gasteiger partial charge in [0, 0.05) is 29.4 Å². The third-order valence-electron chi connectivity index (χ3n) is 7.78. The maximum Gasteiger partial charge on any atom is 0.251 e. The lowest BCUT2D eigenvalue weighted by Crippen LogP contribution is -2.50. The quantitative estimate of drug-likeness (QED) is 0.286. The van der Waals surface area contributed by atoms with Crippen LogP contribution in [0.3, 0.4) is 0 Å². The van der Waals surface area contributed by atoms with Crippen LogP contribution in [0.5, 0.6) is 0 Å². The van der Waals surface area contributed by atoms with Crippen molar-refractivity contribution in [2.45, 2.75) is 45.1 Å². The molecule has 5 N–H and O–H groups in total. The van der Waals surface area contributed by atoms with Crippen molar-refractivity contribution < 1.29 is 9.59 Å². The number of rotatable bonds is 8. The van der Waals surface area contributed by atoms with E-state index in [9.17, 15) is 9.59 Å². The van der Waals surface area contributed by atoms with Gasteiger partial charge in [-0.15, -0.1) is 22.6 Å². The largest absolute Gasteiger partial charge is 0.330 e. The topological polar surface area (TPSA) is 157 Å². The number of carbonyl (C=O) groups excluding carboxylic acids is 2. The molecule has 214 valence electrons. The van der Waals surface area contributed by atoms with Crippen molar-refractivity contribution in [1.29, 1.82) is 0 Å². The van der Waals surface area contributed by atoms with Crippen LogP contribution in [0.15, 0.2) is 67.0 Å². The van der Waals surface area contributed by atoms with Crippen LogP contribution in [0.4, 0.5) is 5.69 Å². The van der Waals surface area contributed by atoms with Gasteiger partial charge >= 0.3 is 0 Å². The summed E-state index contributed by atoms with van der Waals surface area (Å²) in [7, 11) is 0. The van der Waals surface area contributed by atoms with Crippen LogP contribution in [-0.2, 0) is 16.0 Å². The molecule has 5 rings (SSSR count). The molecule has 0 saturated heterocycles. The van der Waals surface area contributed by atoms with Crippen LogP contribution in [0.2, 0.25) is 0 Å². The summed E-state index contributed by atoms with van der Waals surface area (Å²) >= 11 is 0. The molecule has 4 aromatic rings. The average molecular weight is 575 g/mol. The monoisotopic (exact) mass is 574 g/mol. The fraction of sp³-hybridized carbons (Fsp3) is 0.333. The number of nitrogens with one attached hydrogen (secondary N) is 1. The highest BCUT2D eigenvalue weighted by Gasteiger charge is 2.35. The smallest absolute Gasteiger partial charge is 0.251 e. The third kappa shape index (κ3) is 6.84. The second-order valence-corrected chi connectivity index (χ2v) is 10.4. The highest BCUT2D eigenvalue weighted by Crippen LogP contribution is 2.32. The van der Waals surface area contributed by atoms with Gasteiger partial charge in [0.25, 0.3) is 5.91 Å². The summed E-state index contributed by atoms with van der Waals surface area (Å²) in [4.78, 5) is 33.1. The number of tetrazole rings is 1. The van der Waals surface area contributed by atoms with Crippen molar-refractivity contribution in [3.05, 3.63) is 78.1 Å². The predicted octanol–water partition coefficient (Wildman–Crippen LogP) is 3.85. The van der Waals surface area contributed by atoms with Gasteiger partial charge < -0.3 is 11.5 Å². The molecule has 0 radical (unpaired) electrons. The zero-order chi connectivity index (χ0) is 28.1. The molecule has 2 heterocycles. The molecule has 0 bridgehead atoms. The van der Waals surface area contributed by atoms with Crippen molar-refractivity contribution in [1.82, 2.24) is 25.6 Å². The van der Waals surface area contributed by atoms with E-state index < -0.39 is 11.9 Å². The first kappa shape index (κ1) is 30.0. The van der Waals surface area contributed by atoms with Crippen LogP contribution in [0.1, 0.15) is 36.8 Å². The number of nitrogens with two attached hydrogens (primary N) is 2. The first-order valence-corrected chi connectivity index (χ1v) is 13.6. The van der Waals surface area contributed by atoms with Crippen molar-refractivity contribution in [2.24, 2.45) is 23.3 Å². The lowest BCUT2D eigenvalue weighted by atomic mass is 9.81. The van der Waals surface area contributed by atoms with Crippen molar-refractivity contribution in [2.75, 3.05) is 11.4 Å². The van der Waals surface area contributed by atoms with Crippen LogP contribution in [0.25, 0.3) is 22.5 Å². The Morgan fingerprint density at radius 3 is 2.29 bits per heavy atom. The second-order valence-electron chi connectivity index (χ2n) is 10.4. The molecule has 2 aromatic heterocycles. The molecule has 1 atom stereocenters. The summed E-state index contributed by atoms with van der Waals surface area (Å²) in [5.41, 5.74) is 17.7. The molecule has 2 amide bonds. The molecule has 1 aliphatic rings. The summed E-state index contributed by atoms with van der Waals surface area (Å²) in [6.07, 6.45) is 7.07. The molecule has 0 aliphatic heterocycles. The predicted molar refractivity (Wildman–Crippen MR) is 160 cm³/mol. The third-order valence-corrected chi connectivity index (χ3v) is 7.78. The van der Waals surface area contributed by atoms with Gasteiger partial charge in [0.1, 0.15) is 0 Å². The van der Waals surface area contributed by atoms with E-state index >= 15 is 0 Å². The number of anilines is 1.